The summed E-state index contributed by atoms with van der Waals surface area (Å²) < 4.78 is 0. The van der Waals surface area contributed by atoms with Crippen LogP contribution in [0.2, 0.25) is 5.02 Å². The van der Waals surface area contributed by atoms with Gasteiger partial charge in [-0.05, 0) is 42.9 Å². The molecule has 2 nitrogen and oxygen atoms in total. The van der Waals surface area contributed by atoms with Crippen molar-refractivity contribution in [1.29, 1.82) is 0 Å². The van der Waals surface area contributed by atoms with Crippen LogP contribution in [0.4, 0.5) is 0 Å². The van der Waals surface area contributed by atoms with Crippen LogP contribution in [0.15, 0.2) is 24.3 Å². The number of rotatable bonds is 6. The summed E-state index contributed by atoms with van der Waals surface area (Å²) in [7, 11) is 0. The second kappa shape index (κ2) is 7.28. The number of nitrogens with one attached hydrogen (secondary N) is 1. The van der Waals surface area contributed by atoms with Gasteiger partial charge in [-0.1, -0.05) is 43.5 Å². The lowest BCUT2D eigenvalue weighted by molar-refractivity contribution is 0.129. The Morgan fingerprint density at radius 2 is 2.05 bits per heavy atom. The molecule has 0 aliphatic heterocycles. The highest BCUT2D eigenvalue weighted by atomic mass is 35.5. The van der Waals surface area contributed by atoms with Gasteiger partial charge < -0.3 is 10.4 Å². The highest BCUT2D eigenvalue weighted by Crippen LogP contribution is 2.27. The first kappa shape index (κ1) is 14.8. The Hall–Kier alpha value is -0.570. The zero-order valence-corrected chi connectivity index (χ0v) is 12.4. The van der Waals surface area contributed by atoms with Gasteiger partial charge in [0.05, 0.1) is 6.10 Å². The Morgan fingerprint density at radius 1 is 1.32 bits per heavy atom. The SMILES string of the molecule is CCCC(NCC1CCCC1O)c1ccc(Cl)cc1. The summed E-state index contributed by atoms with van der Waals surface area (Å²) >= 11 is 5.94. The molecule has 1 fully saturated rings. The Morgan fingerprint density at radius 3 is 2.63 bits per heavy atom. The minimum Gasteiger partial charge on any atom is -0.393 e. The Kier molecular flexibility index (Phi) is 5.68. The predicted octanol–water partition coefficient (Wildman–Crippen LogP) is 3.93. The van der Waals surface area contributed by atoms with E-state index >= 15 is 0 Å². The van der Waals surface area contributed by atoms with Gasteiger partial charge in [-0.25, -0.2) is 0 Å². The first-order valence-electron chi connectivity index (χ1n) is 7.37. The van der Waals surface area contributed by atoms with Gasteiger partial charge in [-0.15, -0.1) is 0 Å². The molecule has 0 radical (unpaired) electrons. The van der Waals surface area contributed by atoms with Crippen LogP contribution in [0.5, 0.6) is 0 Å². The van der Waals surface area contributed by atoms with Crippen LogP contribution in [-0.2, 0) is 0 Å². The number of halogens is 1. The summed E-state index contributed by atoms with van der Waals surface area (Å²) in [5.41, 5.74) is 1.29. The van der Waals surface area contributed by atoms with Crippen molar-refractivity contribution in [2.24, 2.45) is 5.92 Å². The number of aliphatic hydroxyl groups is 1. The average Bonchev–Trinajstić information content (AvgIpc) is 2.81. The molecule has 0 bridgehead atoms. The van der Waals surface area contributed by atoms with Gasteiger partial charge in [-0.3, -0.25) is 0 Å². The van der Waals surface area contributed by atoms with Crippen LogP contribution >= 0.6 is 11.6 Å². The molecule has 1 aliphatic rings. The highest BCUT2D eigenvalue weighted by molar-refractivity contribution is 6.30. The average molecular weight is 282 g/mol. The molecule has 1 aliphatic carbocycles. The summed E-state index contributed by atoms with van der Waals surface area (Å²) in [5.74, 6) is 0.423. The van der Waals surface area contributed by atoms with Crippen molar-refractivity contribution >= 4 is 11.6 Å². The van der Waals surface area contributed by atoms with Crippen LogP contribution in [0, 0.1) is 5.92 Å². The lowest BCUT2D eigenvalue weighted by atomic mass is 10.00. The molecule has 0 aromatic heterocycles. The van der Waals surface area contributed by atoms with Gasteiger partial charge >= 0.3 is 0 Å². The molecule has 1 aromatic carbocycles. The molecule has 1 saturated carbocycles. The zero-order valence-electron chi connectivity index (χ0n) is 11.6. The molecule has 1 aromatic rings. The number of hydrogen-bond acceptors (Lipinski definition) is 2. The third-order valence-corrected chi connectivity index (χ3v) is 4.35. The first-order chi connectivity index (χ1) is 9.20. The maximum absolute atomic E-state index is 9.88. The van der Waals surface area contributed by atoms with Gasteiger partial charge in [0.1, 0.15) is 0 Å². The van der Waals surface area contributed by atoms with E-state index < -0.39 is 0 Å². The molecule has 3 atom stereocenters. The maximum Gasteiger partial charge on any atom is 0.0580 e. The Balaban J connectivity index is 1.93. The second-order valence-electron chi connectivity index (χ2n) is 5.56. The van der Waals surface area contributed by atoms with Crippen molar-refractivity contribution < 1.29 is 5.11 Å². The predicted molar refractivity (Wildman–Crippen MR) is 80.5 cm³/mol. The smallest absolute Gasteiger partial charge is 0.0580 e. The molecule has 3 unspecified atom stereocenters. The molecule has 2 rings (SSSR count). The lowest BCUT2D eigenvalue weighted by Crippen LogP contribution is -2.31. The van der Waals surface area contributed by atoms with Crippen molar-refractivity contribution in [2.75, 3.05) is 6.54 Å². The van der Waals surface area contributed by atoms with E-state index in [-0.39, 0.29) is 6.10 Å². The van der Waals surface area contributed by atoms with E-state index in [1.165, 1.54) is 5.56 Å². The molecule has 19 heavy (non-hydrogen) atoms. The largest absolute Gasteiger partial charge is 0.393 e. The fourth-order valence-corrected chi connectivity index (χ4v) is 3.05. The van der Waals surface area contributed by atoms with E-state index in [0.717, 1.165) is 43.7 Å². The highest BCUT2D eigenvalue weighted by Gasteiger charge is 2.25. The third kappa shape index (κ3) is 4.20. The van der Waals surface area contributed by atoms with E-state index in [1.807, 2.05) is 12.1 Å². The molecule has 0 amide bonds. The van der Waals surface area contributed by atoms with Gasteiger partial charge in [0, 0.05) is 17.6 Å². The Bertz CT molecular complexity index is 379. The van der Waals surface area contributed by atoms with Gasteiger partial charge in [0.25, 0.3) is 0 Å². The van der Waals surface area contributed by atoms with Crippen LogP contribution < -0.4 is 5.32 Å². The van der Waals surface area contributed by atoms with E-state index in [2.05, 4.69) is 24.4 Å². The van der Waals surface area contributed by atoms with E-state index in [9.17, 15) is 5.11 Å². The number of aliphatic hydroxyl groups excluding tert-OH is 1. The van der Waals surface area contributed by atoms with E-state index in [0.29, 0.717) is 12.0 Å². The Labute approximate surface area is 121 Å². The minimum absolute atomic E-state index is 0.111. The van der Waals surface area contributed by atoms with Gasteiger partial charge in [-0.2, -0.15) is 0 Å². The topological polar surface area (TPSA) is 32.3 Å². The molecule has 0 heterocycles. The number of benzene rings is 1. The number of hydrogen-bond donors (Lipinski definition) is 2. The molecule has 0 spiro atoms. The lowest BCUT2D eigenvalue weighted by Gasteiger charge is -2.22. The van der Waals surface area contributed by atoms with Gasteiger partial charge in [0.15, 0.2) is 0 Å². The summed E-state index contributed by atoms with van der Waals surface area (Å²) in [6.45, 7) is 3.11. The summed E-state index contributed by atoms with van der Waals surface area (Å²) in [6.07, 6.45) is 5.42. The zero-order chi connectivity index (χ0) is 13.7. The molecule has 2 N–H and O–H groups in total. The third-order valence-electron chi connectivity index (χ3n) is 4.10. The van der Waals surface area contributed by atoms with E-state index in [4.69, 9.17) is 11.6 Å². The van der Waals surface area contributed by atoms with Crippen molar-refractivity contribution in [3.8, 4) is 0 Å². The molecule has 3 heteroatoms. The minimum atomic E-state index is -0.111. The van der Waals surface area contributed by atoms with Crippen LogP contribution in [0.1, 0.15) is 50.6 Å². The summed E-state index contributed by atoms with van der Waals surface area (Å²) in [6, 6.07) is 8.47. The van der Waals surface area contributed by atoms with Crippen LogP contribution in [-0.4, -0.2) is 17.8 Å². The van der Waals surface area contributed by atoms with Gasteiger partial charge in [0.2, 0.25) is 0 Å². The van der Waals surface area contributed by atoms with Crippen molar-refractivity contribution in [1.82, 2.24) is 5.32 Å². The molecule has 0 saturated heterocycles. The summed E-state index contributed by atoms with van der Waals surface area (Å²) in [4.78, 5) is 0. The maximum atomic E-state index is 9.88. The summed E-state index contributed by atoms with van der Waals surface area (Å²) in [5, 5.41) is 14.3. The quantitative estimate of drug-likeness (QED) is 0.828. The fourth-order valence-electron chi connectivity index (χ4n) is 2.92. The van der Waals surface area contributed by atoms with Crippen LogP contribution in [0.25, 0.3) is 0 Å². The molecular weight excluding hydrogens is 258 g/mol. The molecule has 106 valence electrons. The normalized spacial score (nSPS) is 24.6. The van der Waals surface area contributed by atoms with Crippen molar-refractivity contribution in [2.45, 2.75) is 51.2 Å². The van der Waals surface area contributed by atoms with E-state index in [1.54, 1.807) is 0 Å². The monoisotopic (exact) mass is 281 g/mol. The second-order valence-corrected chi connectivity index (χ2v) is 6.00. The van der Waals surface area contributed by atoms with Crippen molar-refractivity contribution in [3.05, 3.63) is 34.9 Å². The molecular formula is C16H24ClNO. The fraction of sp³-hybridized carbons (Fsp3) is 0.625. The first-order valence-corrected chi connectivity index (χ1v) is 7.75. The van der Waals surface area contributed by atoms with Crippen molar-refractivity contribution in [3.63, 3.8) is 0 Å². The van der Waals surface area contributed by atoms with Crippen LogP contribution in [0.3, 0.4) is 0 Å². The standard InChI is InChI=1S/C16H24ClNO/c1-2-4-15(12-7-9-14(17)10-8-12)18-11-13-5-3-6-16(13)19/h7-10,13,15-16,18-19H,2-6,11H2,1H3.